The van der Waals surface area contributed by atoms with Crippen molar-refractivity contribution < 1.29 is 18.3 Å². The molecule has 1 aromatic heterocycles. The average molecular weight is 432 g/mol. The lowest BCUT2D eigenvalue weighted by molar-refractivity contribution is 0.405. The molecule has 3 rings (SSSR count). The molecule has 0 amide bonds. The summed E-state index contributed by atoms with van der Waals surface area (Å²) >= 11 is 5.83. The van der Waals surface area contributed by atoms with Crippen molar-refractivity contribution >= 4 is 11.6 Å². The number of ether oxygens (including phenoxy) is 2. The number of nitrogens with zero attached hydrogens (tertiary/aromatic N) is 1. The van der Waals surface area contributed by atoms with E-state index in [1.54, 1.807) is 24.3 Å². The first kappa shape index (κ1) is 22.0. The van der Waals surface area contributed by atoms with E-state index in [1.165, 1.54) is 26.5 Å². The summed E-state index contributed by atoms with van der Waals surface area (Å²) in [5.74, 6) is -0.265. The van der Waals surface area contributed by atoms with Gasteiger partial charge in [-0.05, 0) is 41.7 Å². The first-order valence-corrected chi connectivity index (χ1v) is 9.87. The normalized spacial score (nSPS) is 11.5. The second kappa shape index (κ2) is 8.60. The molecule has 0 aliphatic heterocycles. The summed E-state index contributed by atoms with van der Waals surface area (Å²) in [5.41, 5.74) is 2.51. The van der Waals surface area contributed by atoms with Crippen LogP contribution in [0.15, 0.2) is 42.6 Å². The van der Waals surface area contributed by atoms with E-state index in [4.69, 9.17) is 21.1 Å². The van der Waals surface area contributed by atoms with Crippen molar-refractivity contribution in [2.45, 2.75) is 27.2 Å². The number of benzene rings is 2. The topological polar surface area (TPSA) is 31.4 Å². The van der Waals surface area contributed by atoms with Crippen molar-refractivity contribution in [3.8, 4) is 33.8 Å². The smallest absolute Gasteiger partial charge is 0.168 e. The maximum Gasteiger partial charge on any atom is 0.168 e. The quantitative estimate of drug-likeness (QED) is 0.409. The summed E-state index contributed by atoms with van der Waals surface area (Å²) in [6.07, 6.45) is 2.17. The van der Waals surface area contributed by atoms with Crippen LogP contribution in [-0.4, -0.2) is 19.2 Å². The number of pyridine rings is 1. The van der Waals surface area contributed by atoms with E-state index in [0.29, 0.717) is 28.2 Å². The molecular formula is C24H24ClF2NO2. The Hall–Kier alpha value is -2.66. The first-order valence-electron chi connectivity index (χ1n) is 9.50. The number of aromatic nitrogens is 1. The Kier molecular flexibility index (Phi) is 6.32. The third kappa shape index (κ3) is 4.57. The van der Waals surface area contributed by atoms with Gasteiger partial charge < -0.3 is 9.47 Å². The molecule has 0 spiro atoms. The van der Waals surface area contributed by atoms with Crippen molar-refractivity contribution in [3.63, 3.8) is 0 Å². The third-order valence-electron chi connectivity index (χ3n) is 4.72. The fourth-order valence-electron chi connectivity index (χ4n) is 3.44. The van der Waals surface area contributed by atoms with E-state index in [1.807, 2.05) is 6.07 Å². The molecule has 3 aromatic rings. The molecule has 0 saturated heterocycles. The minimum absolute atomic E-state index is 0.0480. The Morgan fingerprint density at radius 3 is 2.00 bits per heavy atom. The third-order valence-corrected chi connectivity index (χ3v) is 4.98. The fraction of sp³-hybridized carbons (Fsp3) is 0.292. The average Bonchev–Trinajstić information content (AvgIpc) is 2.68. The molecule has 30 heavy (non-hydrogen) atoms. The van der Waals surface area contributed by atoms with Gasteiger partial charge in [0.1, 0.15) is 17.3 Å². The Balaban J connectivity index is 2.14. The van der Waals surface area contributed by atoms with E-state index in [-0.39, 0.29) is 21.9 Å². The molecule has 158 valence electrons. The summed E-state index contributed by atoms with van der Waals surface area (Å²) in [5, 5.41) is -0.238. The van der Waals surface area contributed by atoms with Gasteiger partial charge >= 0.3 is 0 Å². The lowest BCUT2D eigenvalue weighted by Gasteiger charge is -2.19. The zero-order valence-electron chi connectivity index (χ0n) is 17.6. The molecule has 0 fully saturated rings. The highest BCUT2D eigenvalue weighted by Crippen LogP contribution is 2.43. The van der Waals surface area contributed by atoms with Gasteiger partial charge in [-0.2, -0.15) is 0 Å². The fourth-order valence-corrected chi connectivity index (χ4v) is 3.60. The van der Waals surface area contributed by atoms with Gasteiger partial charge in [-0.3, -0.25) is 0 Å². The van der Waals surface area contributed by atoms with Crippen LogP contribution in [-0.2, 0) is 6.42 Å². The molecule has 3 nitrogen and oxygen atoms in total. The van der Waals surface area contributed by atoms with Crippen LogP contribution in [0.4, 0.5) is 8.78 Å². The standard InChI is InChI=1S/C24H24ClF2NO2/c1-24(2,3)13-14-6-7-15(19(26)10-14)17-11-21(30-5)18(12-20(17)29-4)16-8-9-28-23(25)22(16)27/h6-12H,13H2,1-5H3. The van der Waals surface area contributed by atoms with Crippen LogP contribution in [0.3, 0.4) is 0 Å². The molecule has 2 aromatic carbocycles. The second-order valence-electron chi connectivity index (χ2n) is 8.27. The van der Waals surface area contributed by atoms with Gasteiger partial charge in [0.15, 0.2) is 11.0 Å². The second-order valence-corrected chi connectivity index (χ2v) is 8.63. The predicted octanol–water partition coefficient (Wildman–Crippen LogP) is 6.95. The van der Waals surface area contributed by atoms with Gasteiger partial charge in [0.25, 0.3) is 0 Å². The van der Waals surface area contributed by atoms with Gasteiger partial charge in [-0.15, -0.1) is 0 Å². The Morgan fingerprint density at radius 1 is 0.867 bits per heavy atom. The van der Waals surface area contributed by atoms with Crippen LogP contribution in [0.5, 0.6) is 11.5 Å². The van der Waals surface area contributed by atoms with Gasteiger partial charge in [0, 0.05) is 28.5 Å². The van der Waals surface area contributed by atoms with E-state index in [2.05, 4.69) is 25.8 Å². The number of halogens is 3. The maximum absolute atomic E-state index is 15.0. The van der Waals surface area contributed by atoms with Crippen LogP contribution in [0.1, 0.15) is 26.3 Å². The van der Waals surface area contributed by atoms with Crippen LogP contribution >= 0.6 is 11.6 Å². The highest BCUT2D eigenvalue weighted by Gasteiger charge is 2.20. The van der Waals surface area contributed by atoms with Crippen LogP contribution in [0, 0.1) is 17.0 Å². The lowest BCUT2D eigenvalue weighted by atomic mass is 9.87. The van der Waals surface area contributed by atoms with Crippen molar-refractivity contribution in [3.05, 3.63) is 64.9 Å². The number of methoxy groups -OCH3 is 2. The molecule has 0 aliphatic carbocycles. The van der Waals surface area contributed by atoms with Gasteiger partial charge in [-0.25, -0.2) is 13.8 Å². The van der Waals surface area contributed by atoms with E-state index >= 15 is 4.39 Å². The molecule has 0 radical (unpaired) electrons. The van der Waals surface area contributed by atoms with Crippen LogP contribution < -0.4 is 9.47 Å². The highest BCUT2D eigenvalue weighted by molar-refractivity contribution is 6.29. The molecular weight excluding hydrogens is 408 g/mol. The molecule has 0 aliphatic rings. The van der Waals surface area contributed by atoms with Crippen LogP contribution in [0.2, 0.25) is 5.15 Å². The van der Waals surface area contributed by atoms with E-state index in [0.717, 1.165) is 12.0 Å². The Morgan fingerprint density at radius 2 is 1.47 bits per heavy atom. The zero-order chi connectivity index (χ0) is 22.1. The van der Waals surface area contributed by atoms with Gasteiger partial charge in [0.2, 0.25) is 0 Å². The van der Waals surface area contributed by atoms with Gasteiger partial charge in [-0.1, -0.05) is 44.5 Å². The molecule has 0 bridgehead atoms. The summed E-state index contributed by atoms with van der Waals surface area (Å²) in [6.45, 7) is 6.32. The summed E-state index contributed by atoms with van der Waals surface area (Å²) in [4.78, 5) is 3.74. The number of hydrogen-bond acceptors (Lipinski definition) is 3. The maximum atomic E-state index is 15.0. The molecule has 1 heterocycles. The molecule has 6 heteroatoms. The van der Waals surface area contributed by atoms with Crippen molar-refractivity contribution in [2.75, 3.05) is 14.2 Å². The largest absolute Gasteiger partial charge is 0.496 e. The number of hydrogen-bond donors (Lipinski definition) is 0. The highest BCUT2D eigenvalue weighted by atomic mass is 35.5. The summed E-state index contributed by atoms with van der Waals surface area (Å²) in [6, 6.07) is 9.95. The van der Waals surface area contributed by atoms with E-state index < -0.39 is 5.82 Å². The lowest BCUT2D eigenvalue weighted by Crippen LogP contribution is -2.09. The Bertz CT molecular complexity index is 1080. The Labute approximate surface area is 180 Å². The SMILES string of the molecule is COc1cc(-c2ccnc(Cl)c2F)c(OC)cc1-c1ccc(CC(C)(C)C)cc1F. The minimum Gasteiger partial charge on any atom is -0.496 e. The first-order chi connectivity index (χ1) is 14.1. The summed E-state index contributed by atoms with van der Waals surface area (Å²) in [7, 11) is 2.95. The van der Waals surface area contributed by atoms with Crippen molar-refractivity contribution in [2.24, 2.45) is 5.41 Å². The zero-order valence-corrected chi connectivity index (χ0v) is 18.4. The molecule has 0 unspecified atom stereocenters. The van der Waals surface area contributed by atoms with E-state index in [9.17, 15) is 4.39 Å². The minimum atomic E-state index is -0.662. The molecule has 0 atom stereocenters. The summed E-state index contributed by atoms with van der Waals surface area (Å²) < 4.78 is 40.6. The monoisotopic (exact) mass is 431 g/mol. The predicted molar refractivity (Wildman–Crippen MR) is 116 cm³/mol. The van der Waals surface area contributed by atoms with Crippen molar-refractivity contribution in [1.82, 2.24) is 4.98 Å². The van der Waals surface area contributed by atoms with Crippen molar-refractivity contribution in [1.29, 1.82) is 0 Å². The molecule has 0 N–H and O–H groups in total. The van der Waals surface area contributed by atoms with Crippen LogP contribution in [0.25, 0.3) is 22.3 Å². The number of rotatable bonds is 5. The van der Waals surface area contributed by atoms with Gasteiger partial charge in [0.05, 0.1) is 14.2 Å². The molecule has 0 saturated carbocycles.